The second-order valence-corrected chi connectivity index (χ2v) is 4.95. The SMILES string of the molecule is C=C(C)CCC(O)c1ccc(Cl)c(Br)c1. The molecule has 1 aromatic rings. The summed E-state index contributed by atoms with van der Waals surface area (Å²) in [5.41, 5.74) is 1.97. The van der Waals surface area contributed by atoms with Crippen LogP contribution in [0.4, 0.5) is 0 Å². The van der Waals surface area contributed by atoms with Gasteiger partial charge in [0.2, 0.25) is 0 Å². The Labute approximate surface area is 104 Å². The number of aliphatic hydroxyl groups is 1. The lowest BCUT2D eigenvalue weighted by atomic mass is 10.0. The summed E-state index contributed by atoms with van der Waals surface area (Å²) in [5.74, 6) is 0. The first kappa shape index (κ1) is 12.8. The summed E-state index contributed by atoms with van der Waals surface area (Å²) >= 11 is 9.20. The minimum atomic E-state index is -0.449. The molecule has 1 unspecified atom stereocenters. The van der Waals surface area contributed by atoms with Gasteiger partial charge in [-0.25, -0.2) is 0 Å². The van der Waals surface area contributed by atoms with E-state index in [2.05, 4.69) is 22.5 Å². The van der Waals surface area contributed by atoms with E-state index in [9.17, 15) is 5.11 Å². The van der Waals surface area contributed by atoms with Gasteiger partial charge in [-0.15, -0.1) is 6.58 Å². The molecule has 0 saturated heterocycles. The maximum atomic E-state index is 9.88. The van der Waals surface area contributed by atoms with E-state index in [1.807, 2.05) is 19.1 Å². The Hall–Kier alpha value is -0.310. The van der Waals surface area contributed by atoms with E-state index in [4.69, 9.17) is 11.6 Å². The molecule has 0 radical (unpaired) electrons. The summed E-state index contributed by atoms with van der Waals surface area (Å²) in [6.07, 6.45) is 1.08. The van der Waals surface area contributed by atoms with Gasteiger partial charge in [-0.1, -0.05) is 23.2 Å². The van der Waals surface area contributed by atoms with Crippen LogP contribution in [0.5, 0.6) is 0 Å². The zero-order valence-electron chi connectivity index (χ0n) is 8.63. The van der Waals surface area contributed by atoms with E-state index in [-0.39, 0.29) is 0 Å². The van der Waals surface area contributed by atoms with Crippen LogP contribution in [-0.2, 0) is 0 Å². The van der Waals surface area contributed by atoms with Crippen LogP contribution in [0.25, 0.3) is 0 Å². The molecule has 15 heavy (non-hydrogen) atoms. The monoisotopic (exact) mass is 288 g/mol. The predicted octanol–water partition coefficient (Wildman–Crippen LogP) is 4.49. The third-order valence-electron chi connectivity index (χ3n) is 2.17. The van der Waals surface area contributed by atoms with Crippen molar-refractivity contribution in [2.24, 2.45) is 0 Å². The van der Waals surface area contributed by atoms with E-state index >= 15 is 0 Å². The zero-order chi connectivity index (χ0) is 11.4. The van der Waals surface area contributed by atoms with Crippen molar-refractivity contribution in [3.8, 4) is 0 Å². The molecular weight excluding hydrogens is 275 g/mol. The number of hydrogen-bond acceptors (Lipinski definition) is 1. The quantitative estimate of drug-likeness (QED) is 0.810. The van der Waals surface area contributed by atoms with Crippen molar-refractivity contribution in [1.29, 1.82) is 0 Å². The first-order valence-electron chi connectivity index (χ1n) is 4.78. The van der Waals surface area contributed by atoms with Crippen LogP contribution in [0.15, 0.2) is 34.8 Å². The summed E-state index contributed by atoms with van der Waals surface area (Å²) in [4.78, 5) is 0. The molecule has 1 aromatic carbocycles. The lowest BCUT2D eigenvalue weighted by Gasteiger charge is -2.11. The third-order valence-corrected chi connectivity index (χ3v) is 3.39. The summed E-state index contributed by atoms with van der Waals surface area (Å²) in [7, 11) is 0. The fraction of sp³-hybridized carbons (Fsp3) is 0.333. The van der Waals surface area contributed by atoms with Gasteiger partial charge in [0.1, 0.15) is 0 Å². The number of benzene rings is 1. The second kappa shape index (κ2) is 5.69. The highest BCUT2D eigenvalue weighted by Gasteiger charge is 2.08. The maximum Gasteiger partial charge on any atom is 0.0793 e. The van der Waals surface area contributed by atoms with E-state index < -0.39 is 6.10 Å². The molecule has 3 heteroatoms. The first-order valence-corrected chi connectivity index (χ1v) is 5.95. The summed E-state index contributed by atoms with van der Waals surface area (Å²) < 4.78 is 0.816. The number of rotatable bonds is 4. The molecule has 1 nitrogen and oxygen atoms in total. The molecule has 0 aliphatic carbocycles. The Balaban J connectivity index is 2.69. The molecule has 1 rings (SSSR count). The Morgan fingerprint density at radius 2 is 2.27 bits per heavy atom. The first-order chi connectivity index (χ1) is 7.00. The Morgan fingerprint density at radius 1 is 1.60 bits per heavy atom. The number of hydrogen-bond donors (Lipinski definition) is 1. The minimum absolute atomic E-state index is 0.449. The minimum Gasteiger partial charge on any atom is -0.388 e. The van der Waals surface area contributed by atoms with Gasteiger partial charge in [0, 0.05) is 4.47 Å². The van der Waals surface area contributed by atoms with Gasteiger partial charge in [-0.2, -0.15) is 0 Å². The molecule has 0 aromatic heterocycles. The van der Waals surface area contributed by atoms with Crippen molar-refractivity contribution in [1.82, 2.24) is 0 Å². The van der Waals surface area contributed by atoms with Crippen molar-refractivity contribution in [2.45, 2.75) is 25.9 Å². The average molecular weight is 290 g/mol. The Morgan fingerprint density at radius 3 is 2.80 bits per heavy atom. The average Bonchev–Trinajstić information content (AvgIpc) is 2.18. The molecular formula is C12H14BrClO. The van der Waals surface area contributed by atoms with Crippen molar-refractivity contribution in [2.75, 3.05) is 0 Å². The van der Waals surface area contributed by atoms with E-state index in [1.54, 1.807) is 6.07 Å². The normalized spacial score (nSPS) is 12.5. The van der Waals surface area contributed by atoms with E-state index in [1.165, 1.54) is 0 Å². The number of aliphatic hydroxyl groups excluding tert-OH is 1. The van der Waals surface area contributed by atoms with Crippen LogP contribution < -0.4 is 0 Å². The summed E-state index contributed by atoms with van der Waals surface area (Å²) in [6.45, 7) is 5.77. The molecule has 0 saturated carbocycles. The third kappa shape index (κ3) is 3.98. The fourth-order valence-electron chi connectivity index (χ4n) is 1.27. The van der Waals surface area contributed by atoms with Gasteiger partial charge in [0.25, 0.3) is 0 Å². The molecule has 0 aliphatic heterocycles. The van der Waals surface area contributed by atoms with E-state index in [0.29, 0.717) is 11.4 Å². The van der Waals surface area contributed by atoms with Crippen molar-refractivity contribution < 1.29 is 5.11 Å². The number of halogens is 2. The molecule has 0 amide bonds. The fourth-order valence-corrected chi connectivity index (χ4v) is 1.78. The van der Waals surface area contributed by atoms with Gasteiger partial charge < -0.3 is 5.11 Å². The summed E-state index contributed by atoms with van der Waals surface area (Å²) in [5, 5.41) is 10.5. The van der Waals surface area contributed by atoms with Gasteiger partial charge in [-0.3, -0.25) is 0 Å². The van der Waals surface area contributed by atoms with Crippen LogP contribution in [0, 0.1) is 0 Å². The standard InChI is InChI=1S/C12H14BrClO/c1-8(2)3-6-12(15)9-4-5-11(14)10(13)7-9/h4-5,7,12,15H,1,3,6H2,2H3. The van der Waals surface area contributed by atoms with Crippen LogP contribution in [-0.4, -0.2) is 5.11 Å². The Bertz CT molecular complexity index is 363. The van der Waals surface area contributed by atoms with Gasteiger partial charge in [0.15, 0.2) is 0 Å². The van der Waals surface area contributed by atoms with Crippen molar-refractivity contribution >= 4 is 27.5 Å². The van der Waals surface area contributed by atoms with Crippen LogP contribution in [0.3, 0.4) is 0 Å². The molecule has 0 fully saturated rings. The highest BCUT2D eigenvalue weighted by atomic mass is 79.9. The van der Waals surface area contributed by atoms with Crippen molar-refractivity contribution in [3.63, 3.8) is 0 Å². The van der Waals surface area contributed by atoms with Gasteiger partial charge >= 0.3 is 0 Å². The smallest absolute Gasteiger partial charge is 0.0793 e. The van der Waals surface area contributed by atoms with Gasteiger partial charge in [-0.05, 0) is 53.4 Å². The zero-order valence-corrected chi connectivity index (χ0v) is 11.0. The lowest BCUT2D eigenvalue weighted by molar-refractivity contribution is 0.168. The molecule has 82 valence electrons. The van der Waals surface area contributed by atoms with Crippen molar-refractivity contribution in [3.05, 3.63) is 45.4 Å². The van der Waals surface area contributed by atoms with Crippen LogP contribution >= 0.6 is 27.5 Å². The number of allylic oxidation sites excluding steroid dienone is 1. The lowest BCUT2D eigenvalue weighted by Crippen LogP contribution is -1.97. The van der Waals surface area contributed by atoms with Gasteiger partial charge in [0.05, 0.1) is 11.1 Å². The van der Waals surface area contributed by atoms with Crippen LogP contribution in [0.1, 0.15) is 31.4 Å². The highest BCUT2D eigenvalue weighted by molar-refractivity contribution is 9.10. The Kier molecular flexibility index (Phi) is 4.84. The molecule has 1 atom stereocenters. The molecule has 0 bridgehead atoms. The second-order valence-electron chi connectivity index (χ2n) is 3.69. The predicted molar refractivity (Wildman–Crippen MR) is 68.2 cm³/mol. The largest absolute Gasteiger partial charge is 0.388 e. The van der Waals surface area contributed by atoms with Crippen LogP contribution in [0.2, 0.25) is 5.02 Å². The molecule has 0 heterocycles. The summed E-state index contributed by atoms with van der Waals surface area (Å²) in [6, 6.07) is 5.48. The highest BCUT2D eigenvalue weighted by Crippen LogP contribution is 2.28. The topological polar surface area (TPSA) is 20.2 Å². The molecule has 1 N–H and O–H groups in total. The molecule has 0 spiro atoms. The van der Waals surface area contributed by atoms with E-state index in [0.717, 1.165) is 22.0 Å². The molecule has 0 aliphatic rings. The maximum absolute atomic E-state index is 9.88.